The number of nitrogens with zero attached hydrogens (tertiary/aromatic N) is 2. The van der Waals surface area contributed by atoms with E-state index in [-0.39, 0.29) is 17.7 Å². The topological polar surface area (TPSA) is 87.8 Å². The summed E-state index contributed by atoms with van der Waals surface area (Å²) in [6, 6.07) is 13.8. The summed E-state index contributed by atoms with van der Waals surface area (Å²) in [5.74, 6) is -0.426. The summed E-state index contributed by atoms with van der Waals surface area (Å²) in [6.07, 6.45) is 3.12. The molecule has 0 saturated carbocycles. The Bertz CT molecular complexity index is 975. The molecule has 0 aromatic heterocycles. The average Bonchev–Trinajstić information content (AvgIpc) is 2.89. The van der Waals surface area contributed by atoms with Crippen LogP contribution in [0.5, 0.6) is 0 Å². The van der Waals surface area contributed by atoms with Gasteiger partial charge in [0.1, 0.15) is 0 Å². The molecule has 4 rings (SSSR count). The molecule has 2 aliphatic rings. The van der Waals surface area contributed by atoms with E-state index >= 15 is 0 Å². The number of carbonyl (C=O) groups is 2. The van der Waals surface area contributed by atoms with Crippen LogP contribution in [0.2, 0.25) is 0 Å². The predicted octanol–water partition coefficient (Wildman–Crippen LogP) is 4.00. The van der Waals surface area contributed by atoms with Crippen LogP contribution in [0.25, 0.3) is 0 Å². The van der Waals surface area contributed by atoms with Crippen LogP contribution in [0.4, 0.5) is 17.1 Å². The van der Waals surface area contributed by atoms with Crippen LogP contribution in [0.3, 0.4) is 0 Å². The molecule has 0 bridgehead atoms. The molecular weight excluding hydrogens is 364 g/mol. The number of hydrogen-bond donors (Lipinski definition) is 2. The van der Waals surface area contributed by atoms with Crippen molar-refractivity contribution in [3.05, 3.63) is 53.6 Å². The first-order valence-corrected chi connectivity index (χ1v) is 10.2. The minimum atomic E-state index is -0.273. The largest absolute Gasteiger partial charge is 0.369 e. The van der Waals surface area contributed by atoms with E-state index in [9.17, 15) is 9.59 Å². The third kappa shape index (κ3) is 3.88. The SMILES string of the molecule is CCCC1=Nc2cc(C(=O)N3CCC(C(N)=O)CC3)ccc2Nc2ccccc21. The number of piperidine rings is 1. The van der Waals surface area contributed by atoms with Gasteiger partial charge in [-0.05, 0) is 43.5 Å². The lowest BCUT2D eigenvalue weighted by Crippen LogP contribution is -2.41. The Morgan fingerprint density at radius 1 is 1.14 bits per heavy atom. The first kappa shape index (κ1) is 19.2. The van der Waals surface area contributed by atoms with Crippen molar-refractivity contribution in [1.82, 2.24) is 4.90 Å². The van der Waals surface area contributed by atoms with Gasteiger partial charge in [-0.15, -0.1) is 0 Å². The highest BCUT2D eigenvalue weighted by Gasteiger charge is 2.27. The molecule has 29 heavy (non-hydrogen) atoms. The molecule has 0 radical (unpaired) electrons. The lowest BCUT2D eigenvalue weighted by atomic mass is 9.96. The Hall–Kier alpha value is -3.15. The molecule has 150 valence electrons. The number of para-hydroxylation sites is 1. The van der Waals surface area contributed by atoms with Crippen LogP contribution < -0.4 is 11.1 Å². The number of hydrogen-bond acceptors (Lipinski definition) is 4. The average molecular weight is 390 g/mol. The molecule has 2 aromatic carbocycles. The highest BCUT2D eigenvalue weighted by atomic mass is 16.2. The van der Waals surface area contributed by atoms with Crippen LogP contribution in [0.1, 0.15) is 48.5 Å². The van der Waals surface area contributed by atoms with E-state index in [1.165, 1.54) is 0 Å². The molecule has 6 heteroatoms. The van der Waals surface area contributed by atoms with Crippen molar-refractivity contribution >= 4 is 34.6 Å². The third-order valence-electron chi connectivity index (χ3n) is 5.68. The molecule has 2 amide bonds. The van der Waals surface area contributed by atoms with E-state index < -0.39 is 0 Å². The van der Waals surface area contributed by atoms with Gasteiger partial charge >= 0.3 is 0 Å². The Balaban J connectivity index is 1.62. The number of likely N-dealkylation sites (tertiary alicyclic amines) is 1. The highest BCUT2D eigenvalue weighted by molar-refractivity contribution is 6.09. The van der Waals surface area contributed by atoms with E-state index in [1.54, 1.807) is 4.90 Å². The van der Waals surface area contributed by atoms with Gasteiger partial charge in [0.25, 0.3) is 5.91 Å². The number of carbonyl (C=O) groups excluding carboxylic acids is 2. The number of rotatable bonds is 4. The summed E-state index contributed by atoms with van der Waals surface area (Å²) in [7, 11) is 0. The predicted molar refractivity (Wildman–Crippen MR) is 115 cm³/mol. The highest BCUT2D eigenvalue weighted by Crippen LogP contribution is 2.36. The van der Waals surface area contributed by atoms with Crippen molar-refractivity contribution in [2.75, 3.05) is 18.4 Å². The Morgan fingerprint density at radius 2 is 1.90 bits per heavy atom. The number of primary amides is 1. The standard InChI is InChI=1S/C23H26N4O2/c1-2-5-18-17-6-3-4-7-19(17)25-20-9-8-16(14-21(20)26-18)23(29)27-12-10-15(11-13-27)22(24)28/h3-4,6-9,14-15,25H,2,5,10-13H2,1H3,(H2,24,28). The van der Waals surface area contributed by atoms with Crippen LogP contribution in [0.15, 0.2) is 47.5 Å². The summed E-state index contributed by atoms with van der Waals surface area (Å²) in [4.78, 5) is 31.1. The minimum Gasteiger partial charge on any atom is -0.369 e. The van der Waals surface area contributed by atoms with Crippen molar-refractivity contribution < 1.29 is 9.59 Å². The molecule has 6 nitrogen and oxygen atoms in total. The third-order valence-corrected chi connectivity index (χ3v) is 5.68. The number of nitrogens with one attached hydrogen (secondary N) is 1. The van der Waals surface area contributed by atoms with Gasteiger partial charge in [0.15, 0.2) is 0 Å². The van der Waals surface area contributed by atoms with Crippen LogP contribution >= 0.6 is 0 Å². The van der Waals surface area contributed by atoms with Crippen LogP contribution in [-0.4, -0.2) is 35.5 Å². The fraction of sp³-hybridized carbons (Fsp3) is 0.348. The molecular formula is C23H26N4O2. The lowest BCUT2D eigenvalue weighted by molar-refractivity contribution is -0.123. The second kappa shape index (κ2) is 8.07. The maximum Gasteiger partial charge on any atom is 0.253 e. The van der Waals surface area contributed by atoms with E-state index in [2.05, 4.69) is 24.4 Å². The fourth-order valence-corrected chi connectivity index (χ4v) is 4.03. The Morgan fingerprint density at radius 3 is 2.62 bits per heavy atom. The van der Waals surface area contributed by atoms with Crippen molar-refractivity contribution in [1.29, 1.82) is 0 Å². The second-order valence-electron chi connectivity index (χ2n) is 7.68. The molecule has 0 spiro atoms. The summed E-state index contributed by atoms with van der Waals surface area (Å²) in [5, 5.41) is 3.46. The summed E-state index contributed by atoms with van der Waals surface area (Å²) in [5.41, 5.74) is 10.9. The number of aliphatic imine (C=N–C) groups is 1. The van der Waals surface area contributed by atoms with Gasteiger partial charge in [-0.2, -0.15) is 0 Å². The normalized spacial score (nSPS) is 16.2. The molecule has 2 aliphatic heterocycles. The van der Waals surface area contributed by atoms with Crippen LogP contribution in [0, 0.1) is 5.92 Å². The van der Waals surface area contributed by atoms with E-state index in [4.69, 9.17) is 10.7 Å². The lowest BCUT2D eigenvalue weighted by Gasteiger charge is -2.30. The number of amides is 2. The van der Waals surface area contributed by atoms with Gasteiger partial charge in [-0.3, -0.25) is 14.6 Å². The fourth-order valence-electron chi connectivity index (χ4n) is 4.03. The molecule has 0 atom stereocenters. The number of nitrogens with two attached hydrogens (primary N) is 1. The van der Waals surface area contributed by atoms with Crippen molar-refractivity contribution in [2.24, 2.45) is 16.6 Å². The van der Waals surface area contributed by atoms with Gasteiger partial charge in [-0.1, -0.05) is 31.5 Å². The van der Waals surface area contributed by atoms with Gasteiger partial charge in [0.05, 0.1) is 17.1 Å². The van der Waals surface area contributed by atoms with Gasteiger partial charge in [0, 0.05) is 35.8 Å². The maximum atomic E-state index is 13.0. The number of anilines is 2. The first-order chi connectivity index (χ1) is 14.1. The van der Waals surface area contributed by atoms with E-state index in [0.717, 1.165) is 41.2 Å². The van der Waals surface area contributed by atoms with Gasteiger partial charge < -0.3 is 16.0 Å². The summed E-state index contributed by atoms with van der Waals surface area (Å²) < 4.78 is 0. The molecule has 2 aromatic rings. The van der Waals surface area contributed by atoms with Crippen molar-refractivity contribution in [3.63, 3.8) is 0 Å². The monoisotopic (exact) mass is 390 g/mol. The first-order valence-electron chi connectivity index (χ1n) is 10.2. The van der Waals surface area contributed by atoms with Gasteiger partial charge in [-0.25, -0.2) is 0 Å². The smallest absolute Gasteiger partial charge is 0.253 e. The van der Waals surface area contributed by atoms with Gasteiger partial charge in [0.2, 0.25) is 5.91 Å². The molecule has 0 unspecified atom stereocenters. The summed E-state index contributed by atoms with van der Waals surface area (Å²) >= 11 is 0. The molecule has 1 saturated heterocycles. The Kier molecular flexibility index (Phi) is 5.34. The van der Waals surface area contributed by atoms with E-state index in [0.29, 0.717) is 31.5 Å². The molecule has 2 heterocycles. The summed E-state index contributed by atoms with van der Waals surface area (Å²) in [6.45, 7) is 3.25. The minimum absolute atomic E-state index is 0.0234. The quantitative estimate of drug-likeness (QED) is 0.827. The number of benzene rings is 2. The zero-order valence-corrected chi connectivity index (χ0v) is 16.6. The molecule has 1 fully saturated rings. The molecule has 3 N–H and O–H groups in total. The van der Waals surface area contributed by atoms with Crippen molar-refractivity contribution in [2.45, 2.75) is 32.6 Å². The van der Waals surface area contributed by atoms with Crippen molar-refractivity contribution in [3.8, 4) is 0 Å². The number of fused-ring (bicyclic) bond motifs is 2. The zero-order valence-electron chi connectivity index (χ0n) is 16.6. The zero-order chi connectivity index (χ0) is 20.4. The maximum absolute atomic E-state index is 13.0. The van der Waals surface area contributed by atoms with Crippen LogP contribution in [-0.2, 0) is 4.79 Å². The second-order valence-corrected chi connectivity index (χ2v) is 7.68. The van der Waals surface area contributed by atoms with E-state index in [1.807, 2.05) is 30.3 Å². The molecule has 0 aliphatic carbocycles. The Labute approximate surface area is 170 Å².